The van der Waals surface area contributed by atoms with E-state index in [0.717, 1.165) is 5.56 Å². The normalized spacial score (nSPS) is 13.6. The van der Waals surface area contributed by atoms with Gasteiger partial charge in [0.25, 0.3) is 0 Å². The van der Waals surface area contributed by atoms with Crippen LogP contribution in [0.1, 0.15) is 38.3 Å². The van der Waals surface area contributed by atoms with Crippen molar-refractivity contribution >= 4 is 35.1 Å². The van der Waals surface area contributed by atoms with E-state index in [2.05, 4.69) is 0 Å². The lowest BCUT2D eigenvalue weighted by atomic mass is 10.0. The van der Waals surface area contributed by atoms with Gasteiger partial charge in [-0.05, 0) is 30.5 Å². The van der Waals surface area contributed by atoms with Crippen LogP contribution in [0.5, 0.6) is 0 Å². The molecule has 1 aromatic carbocycles. The van der Waals surface area contributed by atoms with Gasteiger partial charge in [-0.3, -0.25) is 9.59 Å². The molecule has 0 aliphatic rings. The minimum atomic E-state index is -0.897. The van der Waals surface area contributed by atoms with Crippen LogP contribution in [0.3, 0.4) is 0 Å². The van der Waals surface area contributed by atoms with E-state index in [1.165, 1.54) is 0 Å². The number of carboxylic acid groups (broad SMARTS) is 1. The third-order valence-corrected chi connectivity index (χ3v) is 4.00. The third-order valence-electron chi connectivity index (χ3n) is 3.43. The molecule has 1 aromatic rings. The van der Waals surface area contributed by atoms with Crippen LogP contribution in [-0.2, 0) is 9.59 Å². The second kappa shape index (κ2) is 7.66. The second-order valence-corrected chi connectivity index (χ2v) is 6.10. The van der Waals surface area contributed by atoms with Crippen molar-refractivity contribution < 1.29 is 14.7 Å². The van der Waals surface area contributed by atoms with Crippen LogP contribution in [0.25, 0.3) is 0 Å². The predicted molar refractivity (Wildman–Crippen MR) is 83.7 cm³/mol. The first-order valence-electron chi connectivity index (χ1n) is 6.64. The summed E-state index contributed by atoms with van der Waals surface area (Å²) in [6.45, 7) is 3.62. The van der Waals surface area contributed by atoms with Gasteiger partial charge in [0, 0.05) is 29.9 Å². The van der Waals surface area contributed by atoms with Crippen molar-refractivity contribution in [1.29, 1.82) is 0 Å². The minimum absolute atomic E-state index is 0.0182. The minimum Gasteiger partial charge on any atom is -0.481 e. The Morgan fingerprint density at radius 3 is 2.38 bits per heavy atom. The van der Waals surface area contributed by atoms with Crippen LogP contribution in [-0.4, -0.2) is 28.9 Å². The van der Waals surface area contributed by atoms with Gasteiger partial charge in [-0.15, -0.1) is 0 Å². The van der Waals surface area contributed by atoms with Crippen LogP contribution in [0.4, 0.5) is 0 Å². The number of rotatable bonds is 6. The Morgan fingerprint density at radius 1 is 1.24 bits per heavy atom. The Balaban J connectivity index is 2.75. The van der Waals surface area contributed by atoms with Gasteiger partial charge >= 0.3 is 5.97 Å². The molecule has 0 fully saturated rings. The molecule has 4 nitrogen and oxygen atoms in total. The number of halogens is 2. The molecule has 0 spiro atoms. The quantitative estimate of drug-likeness (QED) is 0.856. The fraction of sp³-hybridized carbons (Fsp3) is 0.467. The Labute approximate surface area is 134 Å². The lowest BCUT2D eigenvalue weighted by molar-refractivity contribution is -0.138. The molecule has 2 unspecified atom stereocenters. The number of amides is 1. The van der Waals surface area contributed by atoms with E-state index in [-0.39, 0.29) is 30.7 Å². The third kappa shape index (κ3) is 5.21. The van der Waals surface area contributed by atoms with Gasteiger partial charge in [-0.1, -0.05) is 36.2 Å². The summed E-state index contributed by atoms with van der Waals surface area (Å²) in [6, 6.07) is 4.95. The Bertz CT molecular complexity index is 534. The average Bonchev–Trinajstić information content (AvgIpc) is 2.35. The van der Waals surface area contributed by atoms with Crippen LogP contribution in [0.15, 0.2) is 18.2 Å². The summed E-state index contributed by atoms with van der Waals surface area (Å²) in [5.74, 6) is -1.21. The monoisotopic (exact) mass is 331 g/mol. The SMILES string of the molecule is CC(CC(=O)O)CC(=O)N(C)C(C)c1ccc(Cl)cc1Cl. The molecule has 116 valence electrons. The van der Waals surface area contributed by atoms with Gasteiger partial charge in [0.15, 0.2) is 0 Å². The summed E-state index contributed by atoms with van der Waals surface area (Å²) in [4.78, 5) is 24.4. The summed E-state index contributed by atoms with van der Waals surface area (Å²) in [5.41, 5.74) is 0.808. The standard InChI is InChI=1S/C15H19Cl2NO3/c1-9(7-15(20)21)6-14(19)18(3)10(2)12-5-4-11(16)8-13(12)17/h4-5,8-10H,6-7H2,1-3H3,(H,20,21). The number of carboxylic acids is 1. The van der Waals surface area contributed by atoms with E-state index in [4.69, 9.17) is 28.3 Å². The molecule has 0 radical (unpaired) electrons. The highest BCUT2D eigenvalue weighted by atomic mass is 35.5. The van der Waals surface area contributed by atoms with Crippen molar-refractivity contribution in [1.82, 2.24) is 4.90 Å². The van der Waals surface area contributed by atoms with E-state index in [1.54, 1.807) is 37.1 Å². The van der Waals surface area contributed by atoms with Gasteiger partial charge < -0.3 is 10.0 Å². The molecule has 1 rings (SSSR count). The van der Waals surface area contributed by atoms with Crippen molar-refractivity contribution in [3.8, 4) is 0 Å². The van der Waals surface area contributed by atoms with Crippen LogP contribution >= 0.6 is 23.2 Å². The van der Waals surface area contributed by atoms with E-state index in [0.29, 0.717) is 10.0 Å². The largest absolute Gasteiger partial charge is 0.481 e. The zero-order chi connectivity index (χ0) is 16.2. The number of carbonyl (C=O) groups excluding carboxylic acids is 1. The topological polar surface area (TPSA) is 57.6 Å². The molecule has 0 aromatic heterocycles. The number of nitrogens with zero attached hydrogens (tertiary/aromatic N) is 1. The summed E-state index contributed by atoms with van der Waals surface area (Å²) in [7, 11) is 1.69. The molecular weight excluding hydrogens is 313 g/mol. The van der Waals surface area contributed by atoms with E-state index in [1.807, 2.05) is 6.92 Å². The van der Waals surface area contributed by atoms with Crippen molar-refractivity contribution in [2.75, 3.05) is 7.05 Å². The number of benzene rings is 1. The highest BCUT2D eigenvalue weighted by Crippen LogP contribution is 2.29. The first-order valence-corrected chi connectivity index (χ1v) is 7.40. The molecule has 0 saturated carbocycles. The van der Waals surface area contributed by atoms with Crippen LogP contribution in [0.2, 0.25) is 10.0 Å². The smallest absolute Gasteiger partial charge is 0.303 e. The van der Waals surface area contributed by atoms with Crippen molar-refractivity contribution in [3.05, 3.63) is 33.8 Å². The maximum atomic E-state index is 12.2. The number of aliphatic carboxylic acids is 1. The summed E-state index contributed by atoms with van der Waals surface area (Å²) >= 11 is 12.0. The molecule has 2 atom stereocenters. The maximum absolute atomic E-state index is 12.2. The van der Waals surface area contributed by atoms with Gasteiger partial charge in [0.05, 0.1) is 6.04 Å². The van der Waals surface area contributed by atoms with Gasteiger partial charge in [0.2, 0.25) is 5.91 Å². The van der Waals surface area contributed by atoms with Gasteiger partial charge in [-0.25, -0.2) is 0 Å². The summed E-state index contributed by atoms with van der Waals surface area (Å²) < 4.78 is 0. The summed E-state index contributed by atoms with van der Waals surface area (Å²) in [6.07, 6.45) is 0.175. The molecule has 0 aliphatic carbocycles. The van der Waals surface area contributed by atoms with Crippen molar-refractivity contribution in [3.63, 3.8) is 0 Å². The molecule has 0 saturated heterocycles. The molecule has 1 N–H and O–H groups in total. The highest BCUT2D eigenvalue weighted by molar-refractivity contribution is 6.35. The number of carbonyl (C=O) groups is 2. The fourth-order valence-electron chi connectivity index (χ4n) is 2.08. The molecule has 21 heavy (non-hydrogen) atoms. The first kappa shape index (κ1) is 17.8. The van der Waals surface area contributed by atoms with Crippen molar-refractivity contribution in [2.24, 2.45) is 5.92 Å². The molecule has 0 heterocycles. The number of hydrogen-bond donors (Lipinski definition) is 1. The molecule has 0 bridgehead atoms. The first-order chi connectivity index (χ1) is 9.72. The van der Waals surface area contributed by atoms with E-state index in [9.17, 15) is 9.59 Å². The Hall–Kier alpha value is -1.26. The molecule has 1 amide bonds. The maximum Gasteiger partial charge on any atom is 0.303 e. The Morgan fingerprint density at radius 2 is 1.86 bits per heavy atom. The lowest BCUT2D eigenvalue weighted by Gasteiger charge is -2.27. The molecule has 0 aliphatic heterocycles. The van der Waals surface area contributed by atoms with Gasteiger partial charge in [0.1, 0.15) is 0 Å². The fourth-order valence-corrected chi connectivity index (χ4v) is 2.64. The van der Waals surface area contributed by atoms with Crippen LogP contribution < -0.4 is 0 Å². The van der Waals surface area contributed by atoms with E-state index < -0.39 is 5.97 Å². The predicted octanol–water partition coefficient (Wildman–Crippen LogP) is 4.01. The van der Waals surface area contributed by atoms with Crippen LogP contribution in [0, 0.1) is 5.92 Å². The highest BCUT2D eigenvalue weighted by Gasteiger charge is 2.22. The average molecular weight is 332 g/mol. The molecular formula is C15H19Cl2NO3. The van der Waals surface area contributed by atoms with Crippen molar-refractivity contribution in [2.45, 2.75) is 32.7 Å². The Kier molecular flexibility index (Phi) is 6.49. The second-order valence-electron chi connectivity index (χ2n) is 5.25. The lowest BCUT2D eigenvalue weighted by Crippen LogP contribution is -2.31. The zero-order valence-electron chi connectivity index (χ0n) is 12.3. The van der Waals surface area contributed by atoms with E-state index >= 15 is 0 Å². The zero-order valence-corrected chi connectivity index (χ0v) is 13.8. The molecule has 6 heteroatoms. The van der Waals surface area contributed by atoms with Gasteiger partial charge in [-0.2, -0.15) is 0 Å². The number of hydrogen-bond acceptors (Lipinski definition) is 2. The summed E-state index contributed by atoms with van der Waals surface area (Å²) in [5, 5.41) is 9.78.